The van der Waals surface area contributed by atoms with Crippen LogP contribution in [0.5, 0.6) is 0 Å². The Kier molecular flexibility index (Phi) is 7.32. The Balaban J connectivity index is 0.000000921. The fraction of sp³-hybridized carbons (Fsp3) is 0.636. The molecule has 86 valence electrons. The van der Waals surface area contributed by atoms with Gasteiger partial charge in [-0.3, -0.25) is 4.79 Å². The third kappa shape index (κ3) is 5.88. The fourth-order valence-electron chi connectivity index (χ4n) is 1.05. The van der Waals surface area contributed by atoms with Crippen molar-refractivity contribution in [1.82, 2.24) is 4.57 Å². The molecule has 0 aliphatic carbocycles. The van der Waals surface area contributed by atoms with E-state index in [4.69, 9.17) is 4.74 Å². The van der Waals surface area contributed by atoms with Crippen LogP contribution in [0.3, 0.4) is 0 Å². The number of nitrogens with zero attached hydrogens (tertiary/aromatic N) is 2. The molecule has 0 unspecified atom stereocenters. The Hall–Kier alpha value is -1.32. The molecule has 1 aromatic rings. The summed E-state index contributed by atoms with van der Waals surface area (Å²) in [6, 6.07) is 0. The molecule has 0 saturated carbocycles. The maximum Gasteiger partial charge on any atom is 0.302 e. The van der Waals surface area contributed by atoms with Gasteiger partial charge in [-0.05, 0) is 6.92 Å². The van der Waals surface area contributed by atoms with Gasteiger partial charge in [0.2, 0.25) is 6.33 Å². The lowest BCUT2D eigenvalue weighted by Gasteiger charge is -1.97. The minimum absolute atomic E-state index is 0.226. The largest absolute Gasteiger partial charge is 0.462 e. The van der Waals surface area contributed by atoms with Crippen LogP contribution in [0.15, 0.2) is 18.7 Å². The monoisotopic (exact) mass is 213 g/mol. The molecular formula is C11H21N2O2+. The molecule has 0 saturated heterocycles. The van der Waals surface area contributed by atoms with Crippen LogP contribution in [-0.4, -0.2) is 17.1 Å². The van der Waals surface area contributed by atoms with Crippen molar-refractivity contribution in [2.45, 2.75) is 40.8 Å². The lowest BCUT2D eigenvalue weighted by Crippen LogP contribution is -2.34. The number of carbonyl (C=O) groups excluding carboxylic acids is 1. The molecule has 1 aromatic heterocycles. The molecule has 0 aliphatic rings. The first-order chi connectivity index (χ1) is 7.22. The number of ether oxygens (including phenoxy) is 1. The van der Waals surface area contributed by atoms with Crippen molar-refractivity contribution < 1.29 is 14.1 Å². The lowest BCUT2D eigenvalue weighted by atomic mass is 10.6. The number of hydrogen-bond acceptors (Lipinski definition) is 2. The van der Waals surface area contributed by atoms with E-state index in [1.807, 2.05) is 37.1 Å². The van der Waals surface area contributed by atoms with Gasteiger partial charge in [-0.1, -0.05) is 13.8 Å². The van der Waals surface area contributed by atoms with Crippen molar-refractivity contribution >= 4 is 5.97 Å². The number of aryl methyl sites for hydroxylation is 1. The van der Waals surface area contributed by atoms with Crippen LogP contribution >= 0.6 is 0 Å². The summed E-state index contributed by atoms with van der Waals surface area (Å²) in [5, 5.41) is 0. The molecule has 1 rings (SSSR count). The van der Waals surface area contributed by atoms with E-state index in [-0.39, 0.29) is 5.97 Å². The van der Waals surface area contributed by atoms with Crippen LogP contribution in [0, 0.1) is 0 Å². The first-order valence-electron chi connectivity index (χ1n) is 5.40. The third-order valence-electron chi connectivity index (χ3n) is 1.77. The molecule has 0 spiro atoms. The molecule has 1 heterocycles. The van der Waals surface area contributed by atoms with Crippen LogP contribution < -0.4 is 4.57 Å². The minimum Gasteiger partial charge on any atom is -0.462 e. The highest BCUT2D eigenvalue weighted by Crippen LogP contribution is 1.83. The highest BCUT2D eigenvalue weighted by Gasteiger charge is 2.01. The molecule has 0 aliphatic heterocycles. The molecule has 4 heteroatoms. The number of rotatable bonds is 4. The van der Waals surface area contributed by atoms with E-state index in [1.165, 1.54) is 6.92 Å². The number of carbonyl (C=O) groups is 1. The van der Waals surface area contributed by atoms with E-state index in [2.05, 4.69) is 11.5 Å². The molecule has 0 atom stereocenters. The second kappa shape index (κ2) is 8.03. The normalized spacial score (nSPS) is 9.07. The maximum atomic E-state index is 10.5. The smallest absolute Gasteiger partial charge is 0.302 e. The zero-order chi connectivity index (χ0) is 11.7. The molecule has 0 bridgehead atoms. The molecule has 0 amide bonds. The second-order valence-corrected chi connectivity index (χ2v) is 2.82. The van der Waals surface area contributed by atoms with E-state index in [0.29, 0.717) is 13.2 Å². The molecule has 0 radical (unpaired) electrons. The predicted molar refractivity (Wildman–Crippen MR) is 58.3 cm³/mol. The summed E-state index contributed by atoms with van der Waals surface area (Å²) in [6.07, 6.45) is 5.95. The van der Waals surface area contributed by atoms with Crippen LogP contribution in [0.4, 0.5) is 0 Å². The zero-order valence-corrected chi connectivity index (χ0v) is 10.1. The van der Waals surface area contributed by atoms with Crippen molar-refractivity contribution in [2.24, 2.45) is 0 Å². The van der Waals surface area contributed by atoms with Gasteiger partial charge in [0.15, 0.2) is 0 Å². The van der Waals surface area contributed by atoms with E-state index < -0.39 is 0 Å². The Labute approximate surface area is 91.5 Å². The van der Waals surface area contributed by atoms with Gasteiger partial charge >= 0.3 is 5.97 Å². The summed E-state index contributed by atoms with van der Waals surface area (Å²) in [7, 11) is 0. The Morgan fingerprint density at radius 1 is 1.47 bits per heavy atom. The van der Waals surface area contributed by atoms with Crippen molar-refractivity contribution in [2.75, 3.05) is 6.61 Å². The Morgan fingerprint density at radius 3 is 2.60 bits per heavy atom. The summed E-state index contributed by atoms with van der Waals surface area (Å²) < 4.78 is 8.88. The number of aromatic nitrogens is 2. The highest BCUT2D eigenvalue weighted by atomic mass is 16.5. The average Bonchev–Trinajstić information content (AvgIpc) is 2.68. The van der Waals surface area contributed by atoms with Crippen LogP contribution in [0.1, 0.15) is 27.7 Å². The topological polar surface area (TPSA) is 35.1 Å². The van der Waals surface area contributed by atoms with E-state index in [0.717, 1.165) is 6.54 Å². The number of hydrogen-bond donors (Lipinski definition) is 0. The SMILES string of the molecule is CC.CCn1cc[n+](CCOC(C)=O)c1. The van der Waals surface area contributed by atoms with Gasteiger partial charge in [0.25, 0.3) is 0 Å². The summed E-state index contributed by atoms with van der Waals surface area (Å²) in [5.74, 6) is -0.226. The van der Waals surface area contributed by atoms with Gasteiger partial charge in [0, 0.05) is 6.92 Å². The first-order valence-corrected chi connectivity index (χ1v) is 5.40. The fourth-order valence-corrected chi connectivity index (χ4v) is 1.05. The Bertz CT molecular complexity index is 282. The molecular weight excluding hydrogens is 192 g/mol. The summed E-state index contributed by atoms with van der Waals surface area (Å²) in [4.78, 5) is 10.5. The van der Waals surface area contributed by atoms with E-state index >= 15 is 0 Å². The van der Waals surface area contributed by atoms with Crippen molar-refractivity contribution in [3.05, 3.63) is 18.7 Å². The molecule has 0 N–H and O–H groups in total. The van der Waals surface area contributed by atoms with Gasteiger partial charge < -0.3 is 4.74 Å². The summed E-state index contributed by atoms with van der Waals surface area (Å²) in [6.45, 7) is 9.61. The first kappa shape index (κ1) is 13.7. The van der Waals surface area contributed by atoms with Gasteiger partial charge in [-0.15, -0.1) is 0 Å². The van der Waals surface area contributed by atoms with Crippen LogP contribution in [0.2, 0.25) is 0 Å². The second-order valence-electron chi connectivity index (χ2n) is 2.82. The van der Waals surface area contributed by atoms with Crippen molar-refractivity contribution in [1.29, 1.82) is 0 Å². The van der Waals surface area contributed by atoms with Crippen LogP contribution in [0.25, 0.3) is 0 Å². The summed E-state index contributed by atoms with van der Waals surface area (Å²) in [5.41, 5.74) is 0. The Morgan fingerprint density at radius 2 is 2.13 bits per heavy atom. The van der Waals surface area contributed by atoms with Gasteiger partial charge in [-0.2, -0.15) is 0 Å². The summed E-state index contributed by atoms with van der Waals surface area (Å²) >= 11 is 0. The maximum absolute atomic E-state index is 10.5. The molecule has 15 heavy (non-hydrogen) atoms. The van der Waals surface area contributed by atoms with Crippen molar-refractivity contribution in [3.8, 4) is 0 Å². The number of esters is 1. The standard InChI is InChI=1S/C9H15N2O2.C2H6/c1-3-10-4-5-11(8-10)6-7-13-9(2)12;1-2/h4-5,8H,3,6-7H2,1-2H3;1-2H3/q+1;. The average molecular weight is 213 g/mol. The zero-order valence-electron chi connectivity index (χ0n) is 10.1. The van der Waals surface area contributed by atoms with E-state index in [1.54, 1.807) is 0 Å². The molecule has 0 fully saturated rings. The van der Waals surface area contributed by atoms with Gasteiger partial charge in [0.1, 0.15) is 25.5 Å². The van der Waals surface area contributed by atoms with Crippen molar-refractivity contribution in [3.63, 3.8) is 0 Å². The number of imidazole rings is 1. The lowest BCUT2D eigenvalue weighted by molar-refractivity contribution is -0.697. The predicted octanol–water partition coefficient (Wildman–Crippen LogP) is 1.38. The van der Waals surface area contributed by atoms with Gasteiger partial charge in [-0.25, -0.2) is 9.13 Å². The quantitative estimate of drug-likeness (QED) is 0.559. The minimum atomic E-state index is -0.226. The van der Waals surface area contributed by atoms with E-state index in [9.17, 15) is 4.79 Å². The van der Waals surface area contributed by atoms with Gasteiger partial charge in [0.05, 0.1) is 6.54 Å². The third-order valence-corrected chi connectivity index (χ3v) is 1.77. The van der Waals surface area contributed by atoms with Crippen LogP contribution in [-0.2, 0) is 22.6 Å². The molecule has 4 nitrogen and oxygen atoms in total. The highest BCUT2D eigenvalue weighted by molar-refractivity contribution is 5.65. The molecule has 0 aromatic carbocycles.